The van der Waals surface area contributed by atoms with Crippen molar-refractivity contribution in [2.45, 2.75) is 33.1 Å². The van der Waals surface area contributed by atoms with E-state index in [1.165, 1.54) is 0 Å². The van der Waals surface area contributed by atoms with Crippen molar-refractivity contribution in [1.82, 2.24) is 0 Å². The Bertz CT molecular complexity index is 904. The van der Waals surface area contributed by atoms with E-state index in [0.717, 1.165) is 33.8 Å². The molecule has 122 valence electrons. The van der Waals surface area contributed by atoms with Crippen LogP contribution in [-0.4, -0.2) is 18.7 Å². The number of aryl methyl sites for hydroxylation is 1. The maximum absolute atomic E-state index is 13.6. The van der Waals surface area contributed by atoms with Gasteiger partial charge in [-0.2, -0.15) is 0 Å². The van der Waals surface area contributed by atoms with Crippen molar-refractivity contribution in [3.63, 3.8) is 0 Å². The molecule has 2 aromatic carbocycles. The van der Waals surface area contributed by atoms with Crippen molar-refractivity contribution in [1.29, 1.82) is 0 Å². The Kier molecular flexibility index (Phi) is 2.88. The number of carbonyl (C=O) groups excluding carboxylic acids is 1. The van der Waals surface area contributed by atoms with Gasteiger partial charge in [-0.25, -0.2) is 0 Å². The van der Waals surface area contributed by atoms with Crippen LogP contribution >= 0.6 is 0 Å². The molecule has 0 radical (unpaired) electrons. The number of aliphatic imine (C=N–C) groups is 1. The summed E-state index contributed by atoms with van der Waals surface area (Å²) in [6.07, 6.45) is 0. The molecule has 0 saturated heterocycles. The second-order valence-electron chi connectivity index (χ2n) is 7.81. The van der Waals surface area contributed by atoms with Gasteiger partial charge in [0.25, 0.3) is 0 Å². The second-order valence-corrected chi connectivity index (χ2v) is 7.81. The minimum atomic E-state index is -0.787. The highest BCUT2D eigenvalue weighted by atomic mass is 16.2. The van der Waals surface area contributed by atoms with Gasteiger partial charge in [0.05, 0.1) is 5.69 Å². The number of hydrogen-bond donors (Lipinski definition) is 0. The van der Waals surface area contributed by atoms with Gasteiger partial charge in [-0.05, 0) is 18.6 Å². The van der Waals surface area contributed by atoms with E-state index in [4.69, 9.17) is 4.99 Å². The molecule has 1 spiro atoms. The number of amides is 1. The number of rotatable bonds is 0. The molecule has 0 saturated carbocycles. The molecule has 0 aromatic heterocycles. The zero-order chi connectivity index (χ0) is 17.3. The molecule has 0 N–H and O–H groups in total. The zero-order valence-corrected chi connectivity index (χ0v) is 14.8. The molecule has 3 nitrogen and oxygen atoms in total. The third-order valence-electron chi connectivity index (χ3n) is 5.23. The van der Waals surface area contributed by atoms with Crippen LogP contribution in [0.3, 0.4) is 0 Å². The van der Waals surface area contributed by atoms with Crippen LogP contribution in [0.4, 0.5) is 11.4 Å². The first-order valence-electron chi connectivity index (χ1n) is 8.37. The highest BCUT2D eigenvalue weighted by Gasteiger charge is 2.60. The SMILES string of the molecule is Cc1cccc2c1N=C(C(C)(C)C)C21C(=O)N(C)c2ccccc21. The van der Waals surface area contributed by atoms with Crippen LogP contribution in [0.15, 0.2) is 47.5 Å². The largest absolute Gasteiger partial charge is 0.314 e. The minimum absolute atomic E-state index is 0.0988. The monoisotopic (exact) mass is 318 g/mol. The van der Waals surface area contributed by atoms with Gasteiger partial charge in [0.1, 0.15) is 5.41 Å². The van der Waals surface area contributed by atoms with Gasteiger partial charge in [0.2, 0.25) is 5.91 Å². The number of benzene rings is 2. The summed E-state index contributed by atoms with van der Waals surface area (Å²) in [5.41, 5.74) is 5.08. The standard InChI is InChI=1S/C21H22N2O/c1-13-9-8-11-15-17(13)22-18(20(2,3)4)21(15)14-10-6-7-12-16(14)23(5)19(21)24/h6-12H,1-5H3. The lowest BCUT2D eigenvalue weighted by Crippen LogP contribution is -2.48. The zero-order valence-electron chi connectivity index (χ0n) is 14.8. The fourth-order valence-corrected chi connectivity index (χ4v) is 4.21. The molecular formula is C21H22N2O. The molecule has 2 aliphatic rings. The molecule has 2 heterocycles. The summed E-state index contributed by atoms with van der Waals surface area (Å²) in [6.45, 7) is 8.49. The first kappa shape index (κ1) is 15.1. The minimum Gasteiger partial charge on any atom is -0.314 e. The van der Waals surface area contributed by atoms with Crippen molar-refractivity contribution < 1.29 is 4.79 Å². The number of hydrogen-bond acceptors (Lipinski definition) is 2. The van der Waals surface area contributed by atoms with Gasteiger partial charge in [0, 0.05) is 35.0 Å². The molecule has 0 fully saturated rings. The topological polar surface area (TPSA) is 32.7 Å². The summed E-state index contributed by atoms with van der Waals surface area (Å²) in [7, 11) is 1.87. The van der Waals surface area contributed by atoms with Crippen molar-refractivity contribution in [2.24, 2.45) is 10.4 Å². The van der Waals surface area contributed by atoms with Gasteiger partial charge in [-0.15, -0.1) is 0 Å². The third kappa shape index (κ3) is 1.62. The molecule has 0 aliphatic carbocycles. The van der Waals surface area contributed by atoms with Crippen LogP contribution in [0.2, 0.25) is 0 Å². The van der Waals surface area contributed by atoms with Crippen LogP contribution in [0.1, 0.15) is 37.5 Å². The Balaban J connectivity index is 2.16. The number of carbonyl (C=O) groups is 1. The first-order valence-corrected chi connectivity index (χ1v) is 8.37. The van der Waals surface area contributed by atoms with Gasteiger partial charge < -0.3 is 4.90 Å². The van der Waals surface area contributed by atoms with Crippen LogP contribution in [0.5, 0.6) is 0 Å². The fourth-order valence-electron chi connectivity index (χ4n) is 4.21. The molecule has 2 aliphatic heterocycles. The van der Waals surface area contributed by atoms with E-state index < -0.39 is 5.41 Å². The summed E-state index contributed by atoms with van der Waals surface area (Å²) >= 11 is 0. The molecule has 1 amide bonds. The van der Waals surface area contributed by atoms with Crippen LogP contribution in [0, 0.1) is 12.3 Å². The molecule has 1 atom stereocenters. The number of nitrogens with zero attached hydrogens (tertiary/aromatic N) is 2. The maximum atomic E-state index is 13.6. The second kappa shape index (κ2) is 4.56. The van der Waals surface area contributed by atoms with Gasteiger partial charge in [0.15, 0.2) is 0 Å². The predicted molar refractivity (Wildman–Crippen MR) is 98.4 cm³/mol. The first-order chi connectivity index (χ1) is 11.3. The Morgan fingerprint density at radius 3 is 2.38 bits per heavy atom. The Morgan fingerprint density at radius 1 is 1.00 bits per heavy atom. The quantitative estimate of drug-likeness (QED) is 0.709. The average Bonchev–Trinajstić information content (AvgIpc) is 3.00. The maximum Gasteiger partial charge on any atom is 0.247 e. The smallest absolute Gasteiger partial charge is 0.247 e. The number of anilines is 1. The van der Waals surface area contributed by atoms with E-state index in [1.54, 1.807) is 4.90 Å². The molecular weight excluding hydrogens is 296 g/mol. The lowest BCUT2D eigenvalue weighted by atomic mass is 9.66. The fraction of sp³-hybridized carbons (Fsp3) is 0.333. The van der Waals surface area contributed by atoms with E-state index >= 15 is 0 Å². The molecule has 0 bridgehead atoms. The summed E-state index contributed by atoms with van der Waals surface area (Å²) in [6, 6.07) is 14.3. The lowest BCUT2D eigenvalue weighted by Gasteiger charge is -2.33. The summed E-state index contributed by atoms with van der Waals surface area (Å²) in [4.78, 5) is 20.4. The van der Waals surface area contributed by atoms with Crippen molar-refractivity contribution in [2.75, 3.05) is 11.9 Å². The van der Waals surface area contributed by atoms with Gasteiger partial charge in [-0.3, -0.25) is 9.79 Å². The van der Waals surface area contributed by atoms with E-state index in [9.17, 15) is 4.79 Å². The lowest BCUT2D eigenvalue weighted by molar-refractivity contribution is -0.119. The molecule has 2 aromatic rings. The highest BCUT2D eigenvalue weighted by Crippen LogP contribution is 2.56. The van der Waals surface area contributed by atoms with Crippen molar-refractivity contribution in [3.05, 3.63) is 59.2 Å². The highest BCUT2D eigenvalue weighted by molar-refractivity contribution is 6.30. The Morgan fingerprint density at radius 2 is 1.67 bits per heavy atom. The Hall–Kier alpha value is -2.42. The predicted octanol–water partition coefficient (Wildman–Crippen LogP) is 4.39. The average molecular weight is 318 g/mol. The summed E-state index contributed by atoms with van der Waals surface area (Å²) < 4.78 is 0. The van der Waals surface area contributed by atoms with Crippen LogP contribution in [-0.2, 0) is 10.2 Å². The third-order valence-corrected chi connectivity index (χ3v) is 5.23. The normalized spacial score (nSPS) is 22.0. The van der Waals surface area contributed by atoms with Gasteiger partial charge >= 0.3 is 0 Å². The van der Waals surface area contributed by atoms with Crippen molar-refractivity contribution in [3.8, 4) is 0 Å². The molecule has 24 heavy (non-hydrogen) atoms. The summed E-state index contributed by atoms with van der Waals surface area (Å²) in [5, 5.41) is 0. The van der Waals surface area contributed by atoms with Crippen molar-refractivity contribution >= 4 is 23.0 Å². The molecule has 1 unspecified atom stereocenters. The number of para-hydroxylation sites is 2. The number of likely N-dealkylation sites (N-methyl/N-ethyl adjacent to an activating group) is 1. The summed E-state index contributed by atoms with van der Waals surface area (Å²) in [5.74, 6) is 0.0988. The Labute approximate surface area is 143 Å². The molecule has 4 rings (SSSR count). The van der Waals surface area contributed by atoms with Crippen LogP contribution < -0.4 is 4.90 Å². The van der Waals surface area contributed by atoms with E-state index in [2.05, 4.69) is 45.9 Å². The molecule has 3 heteroatoms. The number of fused-ring (bicyclic) bond motifs is 4. The van der Waals surface area contributed by atoms with Crippen LogP contribution in [0.25, 0.3) is 0 Å². The van der Waals surface area contributed by atoms with E-state index in [1.807, 2.05) is 31.3 Å². The van der Waals surface area contributed by atoms with E-state index in [-0.39, 0.29) is 11.3 Å². The van der Waals surface area contributed by atoms with Gasteiger partial charge in [-0.1, -0.05) is 57.2 Å². The van der Waals surface area contributed by atoms with E-state index in [0.29, 0.717) is 0 Å².